The Morgan fingerprint density at radius 3 is 2.38 bits per heavy atom. The third kappa shape index (κ3) is 5.42. The largest absolute Gasteiger partial charge is 0.444 e. The highest BCUT2D eigenvalue weighted by atomic mass is 16.6. The molecule has 3 N–H and O–H groups in total. The first-order valence-corrected chi connectivity index (χ1v) is 17.6. The van der Waals surface area contributed by atoms with Gasteiger partial charge < -0.3 is 20.0 Å². The number of nitrogens with zero attached hydrogens (tertiary/aromatic N) is 2. The summed E-state index contributed by atoms with van der Waals surface area (Å²) in [5.41, 5.74) is 8.49. The Kier molecular flexibility index (Phi) is 6.62. The average Bonchev–Trinajstić information content (AvgIpc) is 3.69. The van der Waals surface area contributed by atoms with Crippen LogP contribution in [0.3, 0.4) is 0 Å². The number of rotatable bonds is 5. The van der Waals surface area contributed by atoms with Crippen LogP contribution in [0.5, 0.6) is 0 Å². The van der Waals surface area contributed by atoms with E-state index in [0.717, 1.165) is 54.8 Å². The third-order valence-corrected chi connectivity index (χ3v) is 11.4. The summed E-state index contributed by atoms with van der Waals surface area (Å²) in [7, 11) is 0. The molecule has 5 aliphatic rings. The van der Waals surface area contributed by atoms with Crippen LogP contribution in [0.15, 0.2) is 66.9 Å². The van der Waals surface area contributed by atoms with Crippen LogP contribution in [0.1, 0.15) is 107 Å². The molecule has 47 heavy (non-hydrogen) atoms. The van der Waals surface area contributed by atoms with E-state index < -0.39 is 5.60 Å². The fraction of sp³-hybridized carbons (Fsp3) is 0.450. The normalized spacial score (nSPS) is 26.2. The molecule has 4 fully saturated rings. The fourth-order valence-electron chi connectivity index (χ4n) is 8.70. The van der Waals surface area contributed by atoms with Gasteiger partial charge in [-0.3, -0.25) is 4.90 Å². The highest BCUT2D eigenvalue weighted by Crippen LogP contribution is 2.58. The summed E-state index contributed by atoms with van der Waals surface area (Å²) in [6.45, 7) is 6.52. The number of aromatic amines is 2. The van der Waals surface area contributed by atoms with Crippen molar-refractivity contribution in [3.05, 3.63) is 89.7 Å². The van der Waals surface area contributed by atoms with Crippen molar-refractivity contribution in [2.75, 3.05) is 6.54 Å². The van der Waals surface area contributed by atoms with Gasteiger partial charge in [0.05, 0.1) is 24.0 Å². The Morgan fingerprint density at radius 2 is 1.68 bits per heavy atom. The average molecular weight is 628 g/mol. The zero-order chi connectivity index (χ0) is 31.9. The highest BCUT2D eigenvalue weighted by Gasteiger charge is 2.55. The smallest absolute Gasteiger partial charge is 0.410 e. The molecular formula is C40H45N5O2. The number of hydrogen-bond acceptors (Lipinski definition) is 4. The molecule has 242 valence electrons. The number of ether oxygens (including phenoxy) is 1. The summed E-state index contributed by atoms with van der Waals surface area (Å²) in [5, 5.41) is 6.26. The molecule has 2 aromatic heterocycles. The van der Waals surface area contributed by atoms with E-state index in [9.17, 15) is 4.79 Å². The summed E-state index contributed by atoms with van der Waals surface area (Å²) in [6.07, 6.45) is 15.7. The van der Waals surface area contributed by atoms with Gasteiger partial charge in [-0.15, -0.1) is 0 Å². The maximum Gasteiger partial charge on any atom is 0.410 e. The van der Waals surface area contributed by atoms with Gasteiger partial charge in [0, 0.05) is 29.5 Å². The van der Waals surface area contributed by atoms with Crippen LogP contribution in [-0.2, 0) is 4.74 Å². The monoisotopic (exact) mass is 627 g/mol. The molecule has 2 saturated heterocycles. The van der Waals surface area contributed by atoms with E-state index >= 15 is 0 Å². The van der Waals surface area contributed by atoms with E-state index in [1.807, 2.05) is 31.9 Å². The van der Waals surface area contributed by atoms with Crippen LogP contribution in [0.25, 0.3) is 33.2 Å². The first-order chi connectivity index (χ1) is 22.7. The molecule has 0 radical (unpaired) electrons. The van der Waals surface area contributed by atoms with E-state index in [-0.39, 0.29) is 17.6 Å². The van der Waals surface area contributed by atoms with Gasteiger partial charge in [0.15, 0.2) is 0 Å². The summed E-state index contributed by atoms with van der Waals surface area (Å²) >= 11 is 0. The van der Waals surface area contributed by atoms with Crippen LogP contribution >= 0.6 is 0 Å². The molecule has 2 saturated carbocycles. The van der Waals surface area contributed by atoms with Crippen LogP contribution in [0.4, 0.5) is 4.79 Å². The summed E-state index contributed by atoms with van der Waals surface area (Å²) in [5.74, 6) is 1.64. The van der Waals surface area contributed by atoms with Crippen LogP contribution in [0, 0.1) is 11.3 Å². The first-order valence-electron chi connectivity index (χ1n) is 17.6. The number of allylic oxidation sites excluding steroid dienone is 4. The number of H-pyrrole nitrogens is 2. The van der Waals surface area contributed by atoms with Gasteiger partial charge in [0.25, 0.3) is 0 Å². The van der Waals surface area contributed by atoms with E-state index in [2.05, 4.69) is 76.0 Å². The van der Waals surface area contributed by atoms with Crippen molar-refractivity contribution in [2.45, 2.75) is 95.9 Å². The second-order valence-electron chi connectivity index (χ2n) is 15.9. The van der Waals surface area contributed by atoms with Crippen LogP contribution < -0.4 is 5.32 Å². The van der Waals surface area contributed by atoms with Gasteiger partial charge in [0.2, 0.25) is 0 Å². The van der Waals surface area contributed by atoms with Crippen molar-refractivity contribution in [2.24, 2.45) is 11.3 Å². The predicted molar refractivity (Wildman–Crippen MR) is 186 cm³/mol. The van der Waals surface area contributed by atoms with Gasteiger partial charge >= 0.3 is 6.09 Å². The summed E-state index contributed by atoms with van der Waals surface area (Å²) in [6, 6.07) is 19.2. The number of fused-ring (bicyclic) bond motifs is 3. The number of nitrogens with one attached hydrogen (secondary N) is 3. The maximum atomic E-state index is 13.1. The molecule has 2 aromatic carbocycles. The molecule has 3 unspecified atom stereocenters. The molecule has 9 rings (SSSR count). The molecule has 3 aliphatic carbocycles. The molecule has 1 amide bonds. The summed E-state index contributed by atoms with van der Waals surface area (Å²) < 4.78 is 5.77. The molecule has 4 atom stereocenters. The van der Waals surface area contributed by atoms with E-state index in [1.165, 1.54) is 71.0 Å². The second-order valence-corrected chi connectivity index (χ2v) is 15.9. The number of amides is 1. The first kappa shape index (κ1) is 29.1. The van der Waals surface area contributed by atoms with Crippen molar-refractivity contribution < 1.29 is 9.53 Å². The molecule has 4 aromatic rings. The lowest BCUT2D eigenvalue weighted by Crippen LogP contribution is -2.37. The number of aromatic nitrogens is 3. The number of carbonyl (C=O) groups excluding carboxylic acids is 1. The van der Waals surface area contributed by atoms with Gasteiger partial charge in [-0.05, 0) is 135 Å². The minimum Gasteiger partial charge on any atom is -0.444 e. The van der Waals surface area contributed by atoms with Crippen molar-refractivity contribution in [1.29, 1.82) is 0 Å². The lowest BCUT2D eigenvalue weighted by molar-refractivity contribution is 0.0212. The van der Waals surface area contributed by atoms with Crippen molar-refractivity contribution in [3.63, 3.8) is 0 Å². The van der Waals surface area contributed by atoms with Gasteiger partial charge in [-0.25, -0.2) is 9.78 Å². The molecule has 7 nitrogen and oxygen atoms in total. The zero-order valence-corrected chi connectivity index (χ0v) is 27.7. The van der Waals surface area contributed by atoms with Crippen molar-refractivity contribution >= 4 is 28.0 Å². The van der Waals surface area contributed by atoms with Crippen molar-refractivity contribution in [1.82, 2.24) is 25.2 Å². The molecule has 1 spiro atoms. The Balaban J connectivity index is 0.910. The standard InChI is InChI=1S/C40H45N5O2/c1-39(2,3)47-38(46)45-23-40(16-17-40)21-35(45)37-41-22-34(44-37)29-11-10-27-18-26(8-9-28(27)19-29)24-4-6-25(7-5-24)32-14-15-33(43-32)36-30-12-13-31(20-30)42-36/h4,6,8-11,14-15,18-19,22,30-31,35-36,42-43H,5,7,12-13,16-17,20-21,23H2,1-3H3,(H,41,44)/t30?,31?,35-,36?/m0/s1. The van der Waals surface area contributed by atoms with Gasteiger partial charge in [-0.1, -0.05) is 36.4 Å². The molecule has 2 bridgehead atoms. The Labute approximate surface area is 276 Å². The second kappa shape index (κ2) is 10.7. The predicted octanol–water partition coefficient (Wildman–Crippen LogP) is 9.09. The van der Waals surface area contributed by atoms with Gasteiger partial charge in [-0.2, -0.15) is 0 Å². The lowest BCUT2D eigenvalue weighted by Gasteiger charge is -2.27. The Morgan fingerprint density at radius 1 is 0.915 bits per heavy atom. The quantitative estimate of drug-likeness (QED) is 0.206. The van der Waals surface area contributed by atoms with Crippen LogP contribution in [0.2, 0.25) is 0 Å². The van der Waals surface area contributed by atoms with Crippen LogP contribution in [-0.4, -0.2) is 44.1 Å². The fourth-order valence-corrected chi connectivity index (χ4v) is 8.70. The molecule has 7 heteroatoms. The topological polar surface area (TPSA) is 86.0 Å². The molecule has 2 aliphatic heterocycles. The maximum absolute atomic E-state index is 13.1. The SMILES string of the molecule is CC(C)(C)OC(=O)N1CC2(CC2)C[C@H]1c1ncc(-c2ccc3cc(C4=CC=C(c5ccc(C6NC7CCC6C7)[nH]5)CC4)ccc3c2)[nH]1. The molecule has 4 heterocycles. The minimum absolute atomic E-state index is 0.0825. The number of likely N-dealkylation sites (tertiary alicyclic amines) is 1. The highest BCUT2D eigenvalue weighted by molar-refractivity contribution is 5.90. The van der Waals surface area contributed by atoms with E-state index in [1.54, 1.807) is 0 Å². The molecular weight excluding hydrogens is 582 g/mol. The Hall–Kier alpha value is -4.10. The third-order valence-electron chi connectivity index (χ3n) is 11.4. The number of hydrogen-bond donors (Lipinski definition) is 3. The lowest BCUT2D eigenvalue weighted by atomic mass is 9.91. The minimum atomic E-state index is -0.521. The Bertz CT molecular complexity index is 1930. The number of imidazole rings is 1. The van der Waals surface area contributed by atoms with Crippen molar-refractivity contribution in [3.8, 4) is 11.3 Å². The zero-order valence-electron chi connectivity index (χ0n) is 27.7. The number of carbonyl (C=O) groups is 1. The number of benzene rings is 2. The van der Waals surface area contributed by atoms with E-state index in [0.29, 0.717) is 6.04 Å². The van der Waals surface area contributed by atoms with E-state index in [4.69, 9.17) is 9.72 Å². The number of piperidine rings is 1. The van der Waals surface area contributed by atoms with Gasteiger partial charge in [0.1, 0.15) is 11.4 Å². The summed E-state index contributed by atoms with van der Waals surface area (Å²) in [4.78, 5) is 27.1.